The van der Waals surface area contributed by atoms with Crippen LogP contribution >= 0.6 is 11.5 Å². The van der Waals surface area contributed by atoms with E-state index in [4.69, 9.17) is 0 Å². The Labute approximate surface area is 89.4 Å². The van der Waals surface area contributed by atoms with Crippen molar-refractivity contribution in [3.8, 4) is 0 Å². The number of nitrogens with one attached hydrogen (secondary N) is 1. The van der Waals surface area contributed by atoms with Crippen molar-refractivity contribution in [2.24, 2.45) is 0 Å². The molecule has 1 rings (SSSR count). The van der Waals surface area contributed by atoms with Crippen molar-refractivity contribution < 1.29 is 0 Å². The van der Waals surface area contributed by atoms with Gasteiger partial charge in [0.1, 0.15) is 0 Å². The van der Waals surface area contributed by atoms with Gasteiger partial charge in [0, 0.05) is 0 Å². The van der Waals surface area contributed by atoms with E-state index in [1.807, 2.05) is 6.20 Å². The van der Waals surface area contributed by atoms with E-state index in [0.717, 1.165) is 13.0 Å². The molecule has 4 heteroatoms. The Kier molecular flexibility index (Phi) is 4.76. The van der Waals surface area contributed by atoms with Gasteiger partial charge >= 0.3 is 0 Å². The monoisotopic (exact) mass is 211 g/mol. The maximum Gasteiger partial charge on any atom is 0.0672 e. The normalized spacial score (nSPS) is 12.5. The first-order valence-electron chi connectivity index (χ1n) is 4.89. The van der Waals surface area contributed by atoms with Crippen LogP contribution in [0.25, 0.3) is 0 Å². The zero-order valence-electron chi connectivity index (χ0n) is 8.95. The molecule has 0 saturated carbocycles. The van der Waals surface area contributed by atoms with Crippen LogP contribution in [0.3, 0.4) is 0 Å². The van der Waals surface area contributed by atoms with Gasteiger partial charge in [0.25, 0.3) is 0 Å². The topological polar surface area (TPSA) is 37.8 Å². The van der Waals surface area contributed by atoms with E-state index >= 15 is 0 Å². The van der Waals surface area contributed by atoms with Gasteiger partial charge in [0.05, 0.1) is 17.1 Å². The van der Waals surface area contributed by atoms with Crippen LogP contribution in [0.2, 0.25) is 0 Å². The summed E-state index contributed by atoms with van der Waals surface area (Å²) < 4.78 is 3.88. The van der Waals surface area contributed by atoms with E-state index in [0.29, 0.717) is 0 Å². The van der Waals surface area contributed by atoms with Crippen molar-refractivity contribution in [1.29, 1.82) is 0 Å². The Hall–Kier alpha value is -0.740. The van der Waals surface area contributed by atoms with Gasteiger partial charge in [-0.2, -0.15) is 0 Å². The molecule has 78 valence electrons. The molecule has 1 N–H and O–H groups in total. The fourth-order valence-corrected chi connectivity index (χ4v) is 1.73. The first-order valence-corrected chi connectivity index (χ1v) is 5.67. The van der Waals surface area contributed by atoms with Crippen molar-refractivity contribution in [3.05, 3.63) is 22.7 Å². The number of nitrogens with zero attached hydrogens (tertiary/aromatic N) is 2. The lowest BCUT2D eigenvalue weighted by atomic mass is 10.2. The molecule has 0 aliphatic rings. The largest absolute Gasteiger partial charge is 0.306 e. The molecular formula is C10H17N3S. The third kappa shape index (κ3) is 3.55. The fourth-order valence-electron chi connectivity index (χ4n) is 1.19. The number of aromatic nitrogens is 2. The molecule has 1 heterocycles. The average molecular weight is 211 g/mol. The summed E-state index contributed by atoms with van der Waals surface area (Å²) in [5.74, 6) is 0. The molecule has 1 aromatic heterocycles. The first kappa shape index (κ1) is 11.3. The Bertz CT molecular complexity index is 276. The Balaban J connectivity index is 2.67. The van der Waals surface area contributed by atoms with Crippen molar-refractivity contribution >= 4 is 11.5 Å². The zero-order valence-corrected chi connectivity index (χ0v) is 9.77. The number of hydrogen-bond acceptors (Lipinski definition) is 4. The highest BCUT2D eigenvalue weighted by Gasteiger charge is 2.09. The maximum atomic E-state index is 3.88. The summed E-state index contributed by atoms with van der Waals surface area (Å²) in [6, 6.07) is 0.278. The van der Waals surface area contributed by atoms with Crippen LogP contribution < -0.4 is 5.32 Å². The third-order valence-electron chi connectivity index (χ3n) is 1.80. The lowest BCUT2D eigenvalue weighted by Gasteiger charge is -2.12. The molecule has 0 spiro atoms. The quantitative estimate of drug-likeness (QED) is 0.761. The summed E-state index contributed by atoms with van der Waals surface area (Å²) >= 11 is 1.46. The summed E-state index contributed by atoms with van der Waals surface area (Å²) in [5, 5.41) is 7.31. The lowest BCUT2D eigenvalue weighted by Crippen LogP contribution is -2.19. The van der Waals surface area contributed by atoms with Gasteiger partial charge in [-0.1, -0.05) is 23.1 Å². The summed E-state index contributed by atoms with van der Waals surface area (Å²) in [7, 11) is 0. The molecule has 1 unspecified atom stereocenters. The van der Waals surface area contributed by atoms with Crippen molar-refractivity contribution in [2.75, 3.05) is 6.54 Å². The van der Waals surface area contributed by atoms with E-state index in [-0.39, 0.29) is 6.04 Å². The molecule has 0 bridgehead atoms. The van der Waals surface area contributed by atoms with E-state index in [9.17, 15) is 0 Å². The highest BCUT2D eigenvalue weighted by Crippen LogP contribution is 2.18. The molecule has 0 aromatic carbocycles. The fraction of sp³-hybridized carbons (Fsp3) is 0.600. The Morgan fingerprint density at radius 2 is 2.43 bits per heavy atom. The first-order chi connectivity index (χ1) is 6.74. The summed E-state index contributed by atoms with van der Waals surface area (Å²) in [6.45, 7) is 7.40. The van der Waals surface area contributed by atoms with Gasteiger partial charge in [-0.25, -0.2) is 0 Å². The van der Waals surface area contributed by atoms with Gasteiger partial charge in [0.15, 0.2) is 0 Å². The van der Waals surface area contributed by atoms with E-state index in [2.05, 4.69) is 41.8 Å². The van der Waals surface area contributed by atoms with Crippen molar-refractivity contribution in [2.45, 2.75) is 33.2 Å². The zero-order chi connectivity index (χ0) is 10.4. The van der Waals surface area contributed by atoms with Gasteiger partial charge in [-0.05, 0) is 38.3 Å². The summed E-state index contributed by atoms with van der Waals surface area (Å²) in [5.41, 5.74) is 1.31. The maximum absolute atomic E-state index is 3.88. The lowest BCUT2D eigenvalue weighted by molar-refractivity contribution is 0.616. The second-order valence-corrected chi connectivity index (χ2v) is 4.31. The molecule has 0 radical (unpaired) electrons. The van der Waals surface area contributed by atoms with Crippen LogP contribution in [0.4, 0.5) is 0 Å². The Morgan fingerprint density at radius 1 is 1.64 bits per heavy atom. The number of rotatable bonds is 5. The minimum absolute atomic E-state index is 0.278. The predicted molar refractivity (Wildman–Crippen MR) is 60.4 cm³/mol. The van der Waals surface area contributed by atoms with Crippen LogP contribution in [-0.4, -0.2) is 16.1 Å². The molecule has 14 heavy (non-hydrogen) atoms. The van der Waals surface area contributed by atoms with E-state index in [1.165, 1.54) is 22.0 Å². The van der Waals surface area contributed by atoms with Crippen LogP contribution in [-0.2, 0) is 0 Å². The highest BCUT2D eigenvalue weighted by molar-refractivity contribution is 7.05. The molecule has 1 atom stereocenters. The molecule has 3 nitrogen and oxygen atoms in total. The Morgan fingerprint density at radius 3 is 2.93 bits per heavy atom. The van der Waals surface area contributed by atoms with Crippen LogP contribution in [0.15, 0.2) is 17.8 Å². The smallest absolute Gasteiger partial charge is 0.0672 e. The van der Waals surface area contributed by atoms with Crippen LogP contribution in [0, 0.1) is 0 Å². The average Bonchev–Trinajstić information content (AvgIpc) is 2.64. The van der Waals surface area contributed by atoms with Gasteiger partial charge in [0.2, 0.25) is 0 Å². The molecule has 0 amide bonds. The predicted octanol–water partition coefficient (Wildman–Crippen LogP) is 2.55. The number of hydrogen-bond donors (Lipinski definition) is 1. The van der Waals surface area contributed by atoms with Crippen molar-refractivity contribution in [1.82, 2.24) is 14.9 Å². The molecular weight excluding hydrogens is 194 g/mol. The second-order valence-electron chi connectivity index (χ2n) is 3.50. The summed E-state index contributed by atoms with van der Waals surface area (Å²) in [6.07, 6.45) is 5.18. The van der Waals surface area contributed by atoms with Crippen LogP contribution in [0.5, 0.6) is 0 Å². The van der Waals surface area contributed by atoms with Crippen LogP contribution in [0.1, 0.15) is 38.1 Å². The van der Waals surface area contributed by atoms with Gasteiger partial charge in [-0.15, -0.1) is 5.10 Å². The molecule has 0 aliphatic carbocycles. The SMILES string of the molecule is CCCNC(C=C(C)C)c1cnns1. The molecule has 1 aromatic rings. The molecule has 0 fully saturated rings. The minimum Gasteiger partial charge on any atom is -0.306 e. The van der Waals surface area contributed by atoms with Gasteiger partial charge in [-0.3, -0.25) is 0 Å². The van der Waals surface area contributed by atoms with Gasteiger partial charge < -0.3 is 5.32 Å². The van der Waals surface area contributed by atoms with E-state index < -0.39 is 0 Å². The molecule has 0 aliphatic heterocycles. The highest BCUT2D eigenvalue weighted by atomic mass is 32.1. The standard InChI is InChI=1S/C10H17N3S/c1-4-5-11-9(6-8(2)3)10-7-12-13-14-10/h6-7,9,11H,4-5H2,1-3H3. The third-order valence-corrected chi connectivity index (χ3v) is 2.55. The number of allylic oxidation sites excluding steroid dienone is 1. The van der Waals surface area contributed by atoms with E-state index in [1.54, 1.807) is 0 Å². The summed E-state index contributed by atoms with van der Waals surface area (Å²) in [4.78, 5) is 1.18. The minimum atomic E-state index is 0.278. The molecule has 0 saturated heterocycles. The second kappa shape index (κ2) is 5.88. The van der Waals surface area contributed by atoms with Crippen molar-refractivity contribution in [3.63, 3.8) is 0 Å².